The van der Waals surface area contributed by atoms with Crippen LogP contribution in [0.25, 0.3) is 0 Å². The molecule has 0 aromatic carbocycles. The molecule has 1 amide bonds. The van der Waals surface area contributed by atoms with Crippen molar-refractivity contribution in [3.8, 4) is 5.88 Å². The molecule has 2 aromatic rings. The predicted octanol–water partition coefficient (Wildman–Crippen LogP) is 3.10. The Hall–Kier alpha value is -2.13. The molecule has 0 aliphatic carbocycles. The molecule has 2 aliphatic heterocycles. The first-order chi connectivity index (χ1) is 12.9. The van der Waals surface area contributed by atoms with Crippen LogP contribution in [0.2, 0.25) is 0 Å². The molecule has 0 saturated carbocycles. The molecule has 1 saturated heterocycles. The highest BCUT2D eigenvalue weighted by Gasteiger charge is 2.32. The van der Waals surface area contributed by atoms with Crippen molar-refractivity contribution in [3.05, 3.63) is 45.3 Å². The standard InChI is InChI=1S/C18H18F3N3O2S/c19-18(20,21)12-1-2-16(23-9-12)26-13-4-6-24(10-13)17(25)15-7-11-8-22-5-3-14(11)27-15/h1-2,7,9,13,22H,3-6,8,10H2. The fraction of sp³-hybridized carbons (Fsp3) is 0.444. The molecule has 1 unspecified atom stereocenters. The van der Waals surface area contributed by atoms with E-state index in [1.165, 1.54) is 16.5 Å². The molecule has 0 spiro atoms. The lowest BCUT2D eigenvalue weighted by Crippen LogP contribution is -2.30. The van der Waals surface area contributed by atoms with Crippen LogP contribution in [0.15, 0.2) is 24.4 Å². The van der Waals surface area contributed by atoms with Crippen LogP contribution in [0.4, 0.5) is 13.2 Å². The Morgan fingerprint density at radius 2 is 2.22 bits per heavy atom. The third-order valence-corrected chi connectivity index (χ3v) is 5.96. The number of hydrogen-bond acceptors (Lipinski definition) is 5. The normalized spacial score (nSPS) is 19.8. The third kappa shape index (κ3) is 3.93. The number of pyridine rings is 1. The molecule has 144 valence electrons. The van der Waals surface area contributed by atoms with E-state index in [0.717, 1.165) is 36.7 Å². The molecule has 4 heterocycles. The van der Waals surface area contributed by atoms with E-state index < -0.39 is 11.7 Å². The van der Waals surface area contributed by atoms with Gasteiger partial charge < -0.3 is 15.0 Å². The molecule has 1 atom stereocenters. The lowest BCUT2D eigenvalue weighted by atomic mass is 10.1. The number of rotatable bonds is 3. The molecule has 5 nitrogen and oxygen atoms in total. The maximum Gasteiger partial charge on any atom is 0.417 e. The first-order valence-corrected chi connectivity index (χ1v) is 9.53. The summed E-state index contributed by atoms with van der Waals surface area (Å²) in [6.45, 7) is 2.69. The van der Waals surface area contributed by atoms with Crippen molar-refractivity contribution in [3.63, 3.8) is 0 Å². The molecule has 27 heavy (non-hydrogen) atoms. The Balaban J connectivity index is 1.37. The minimum atomic E-state index is -4.42. The highest BCUT2D eigenvalue weighted by Crippen LogP contribution is 2.30. The lowest BCUT2D eigenvalue weighted by Gasteiger charge is -2.16. The van der Waals surface area contributed by atoms with E-state index in [0.29, 0.717) is 19.5 Å². The minimum absolute atomic E-state index is 0.0131. The molecule has 0 radical (unpaired) electrons. The number of alkyl halides is 3. The molecule has 9 heteroatoms. The smallest absolute Gasteiger partial charge is 0.417 e. The fourth-order valence-corrected chi connectivity index (χ4v) is 4.46. The molecule has 1 N–H and O–H groups in total. The van der Waals surface area contributed by atoms with Crippen LogP contribution >= 0.6 is 11.3 Å². The number of likely N-dealkylation sites (tertiary alicyclic amines) is 1. The second kappa shape index (κ2) is 7.12. The molecule has 0 bridgehead atoms. The predicted molar refractivity (Wildman–Crippen MR) is 93.9 cm³/mol. The van der Waals surface area contributed by atoms with E-state index in [-0.39, 0.29) is 17.9 Å². The minimum Gasteiger partial charge on any atom is -0.472 e. The summed E-state index contributed by atoms with van der Waals surface area (Å²) in [5, 5.41) is 3.29. The molecule has 4 rings (SSSR count). The van der Waals surface area contributed by atoms with E-state index >= 15 is 0 Å². The second-order valence-corrected chi connectivity index (χ2v) is 7.79. The quantitative estimate of drug-likeness (QED) is 0.865. The van der Waals surface area contributed by atoms with Gasteiger partial charge in [0, 0.05) is 43.2 Å². The van der Waals surface area contributed by atoms with Gasteiger partial charge >= 0.3 is 6.18 Å². The number of nitrogens with one attached hydrogen (secondary N) is 1. The van der Waals surface area contributed by atoms with Gasteiger partial charge in [-0.15, -0.1) is 11.3 Å². The summed E-state index contributed by atoms with van der Waals surface area (Å²) in [5.41, 5.74) is 0.379. The van der Waals surface area contributed by atoms with Crippen LogP contribution in [0.1, 0.15) is 32.1 Å². The van der Waals surface area contributed by atoms with Crippen LogP contribution < -0.4 is 10.1 Å². The first-order valence-electron chi connectivity index (χ1n) is 8.71. The fourth-order valence-electron chi connectivity index (χ4n) is 3.31. The van der Waals surface area contributed by atoms with Gasteiger partial charge in [-0.2, -0.15) is 13.2 Å². The van der Waals surface area contributed by atoms with E-state index in [1.54, 1.807) is 16.2 Å². The zero-order valence-corrected chi connectivity index (χ0v) is 15.2. The number of ether oxygens (including phenoxy) is 1. The summed E-state index contributed by atoms with van der Waals surface area (Å²) >= 11 is 1.55. The van der Waals surface area contributed by atoms with Gasteiger partial charge in [0.2, 0.25) is 5.88 Å². The van der Waals surface area contributed by atoms with Crippen LogP contribution in [0.3, 0.4) is 0 Å². The van der Waals surface area contributed by atoms with Crippen molar-refractivity contribution in [2.24, 2.45) is 0 Å². The lowest BCUT2D eigenvalue weighted by molar-refractivity contribution is -0.137. The maximum absolute atomic E-state index is 12.7. The Morgan fingerprint density at radius 3 is 2.93 bits per heavy atom. The zero-order valence-electron chi connectivity index (χ0n) is 14.4. The first kappa shape index (κ1) is 18.2. The monoisotopic (exact) mass is 397 g/mol. The number of thiophene rings is 1. The Kier molecular flexibility index (Phi) is 4.81. The Bertz CT molecular complexity index is 812. The summed E-state index contributed by atoms with van der Waals surface area (Å²) in [5.74, 6) is 0.126. The topological polar surface area (TPSA) is 54.5 Å². The molecule has 1 fully saturated rings. The number of halogens is 3. The van der Waals surface area contributed by atoms with E-state index in [4.69, 9.17) is 4.74 Å². The maximum atomic E-state index is 12.7. The van der Waals surface area contributed by atoms with Crippen molar-refractivity contribution >= 4 is 17.2 Å². The van der Waals surface area contributed by atoms with Crippen molar-refractivity contribution in [2.75, 3.05) is 19.6 Å². The van der Waals surface area contributed by atoms with Gasteiger partial charge in [0.1, 0.15) is 6.10 Å². The summed E-state index contributed by atoms with van der Waals surface area (Å²) in [6.07, 6.45) is -2.36. The zero-order chi connectivity index (χ0) is 19.0. The van der Waals surface area contributed by atoms with Crippen molar-refractivity contribution in [1.29, 1.82) is 0 Å². The van der Waals surface area contributed by atoms with Gasteiger partial charge in [0.05, 0.1) is 17.0 Å². The molecule has 2 aliphatic rings. The molecule has 2 aromatic heterocycles. The number of aromatic nitrogens is 1. The number of nitrogens with zero attached hydrogens (tertiary/aromatic N) is 2. The van der Waals surface area contributed by atoms with Gasteiger partial charge in [0.15, 0.2) is 0 Å². The van der Waals surface area contributed by atoms with Crippen molar-refractivity contribution < 1.29 is 22.7 Å². The highest BCUT2D eigenvalue weighted by molar-refractivity contribution is 7.14. The van der Waals surface area contributed by atoms with Crippen LogP contribution in [-0.4, -0.2) is 41.5 Å². The SMILES string of the molecule is O=C(c1cc2c(s1)CCNC2)N1CCC(Oc2ccc(C(F)(F)F)cn2)C1. The van der Waals surface area contributed by atoms with Gasteiger partial charge in [0.25, 0.3) is 5.91 Å². The molecular formula is C18H18F3N3O2S. The van der Waals surface area contributed by atoms with Gasteiger partial charge in [-0.3, -0.25) is 4.79 Å². The number of amides is 1. The number of hydrogen-bond donors (Lipinski definition) is 1. The van der Waals surface area contributed by atoms with E-state index in [1.807, 2.05) is 6.07 Å². The Morgan fingerprint density at radius 1 is 1.37 bits per heavy atom. The van der Waals surface area contributed by atoms with Crippen molar-refractivity contribution in [1.82, 2.24) is 15.2 Å². The van der Waals surface area contributed by atoms with Crippen LogP contribution in [0, 0.1) is 0 Å². The van der Waals surface area contributed by atoms with E-state index in [9.17, 15) is 18.0 Å². The second-order valence-electron chi connectivity index (χ2n) is 6.65. The summed E-state index contributed by atoms with van der Waals surface area (Å²) in [6, 6.07) is 4.12. The number of carbonyl (C=O) groups excluding carboxylic acids is 1. The highest BCUT2D eigenvalue weighted by atomic mass is 32.1. The average molecular weight is 397 g/mol. The summed E-state index contributed by atoms with van der Waals surface area (Å²) in [7, 11) is 0. The van der Waals surface area contributed by atoms with Gasteiger partial charge in [-0.1, -0.05) is 0 Å². The van der Waals surface area contributed by atoms with Gasteiger partial charge in [-0.25, -0.2) is 4.98 Å². The van der Waals surface area contributed by atoms with Crippen LogP contribution in [-0.2, 0) is 19.1 Å². The van der Waals surface area contributed by atoms with Crippen molar-refractivity contribution in [2.45, 2.75) is 31.7 Å². The number of fused-ring (bicyclic) bond motifs is 1. The third-order valence-electron chi connectivity index (χ3n) is 4.74. The van der Waals surface area contributed by atoms with E-state index in [2.05, 4.69) is 10.3 Å². The summed E-state index contributed by atoms with van der Waals surface area (Å²) < 4.78 is 43.4. The Labute approximate surface area is 158 Å². The van der Waals surface area contributed by atoms with Gasteiger partial charge in [-0.05, 0) is 24.1 Å². The number of carbonyl (C=O) groups is 1. The average Bonchev–Trinajstić information content (AvgIpc) is 3.27. The summed E-state index contributed by atoms with van der Waals surface area (Å²) in [4.78, 5) is 20.2. The largest absolute Gasteiger partial charge is 0.472 e. The van der Waals surface area contributed by atoms with Crippen LogP contribution in [0.5, 0.6) is 5.88 Å². The molecular weight excluding hydrogens is 379 g/mol.